The van der Waals surface area contributed by atoms with Gasteiger partial charge in [0.05, 0.1) is 11.0 Å². The van der Waals surface area contributed by atoms with Gasteiger partial charge in [-0.3, -0.25) is 0 Å². The summed E-state index contributed by atoms with van der Waals surface area (Å²) < 4.78 is 0. The van der Waals surface area contributed by atoms with E-state index in [0.717, 1.165) is 34.7 Å². The van der Waals surface area contributed by atoms with Crippen LogP contribution in [0.4, 0.5) is 0 Å². The molecule has 0 radical (unpaired) electrons. The number of hydrogen-bond donors (Lipinski definition) is 1. The predicted molar refractivity (Wildman–Crippen MR) is 116 cm³/mol. The summed E-state index contributed by atoms with van der Waals surface area (Å²) in [5, 5.41) is 3.52. The Morgan fingerprint density at radius 3 is 2.33 bits per heavy atom. The minimum atomic E-state index is 0.738. The second-order valence-electron chi connectivity index (χ2n) is 7.23. The first kappa shape index (κ1) is 18.1. The number of imidazole rings is 1. The summed E-state index contributed by atoms with van der Waals surface area (Å²) >= 11 is 6.08. The number of H-pyrrole nitrogens is 1. The van der Waals surface area contributed by atoms with Crippen molar-refractivity contribution in [1.82, 2.24) is 9.97 Å². The van der Waals surface area contributed by atoms with Gasteiger partial charge in [-0.25, -0.2) is 4.98 Å². The van der Waals surface area contributed by atoms with E-state index in [1.165, 1.54) is 47.6 Å². The molecule has 0 atom stereocenters. The van der Waals surface area contributed by atoms with Crippen LogP contribution in [0.15, 0.2) is 54.6 Å². The maximum absolute atomic E-state index is 6.08. The molecular formula is C24H25ClN2. The van der Waals surface area contributed by atoms with E-state index < -0.39 is 0 Å². The highest BCUT2D eigenvalue weighted by Gasteiger charge is 2.08. The maximum atomic E-state index is 6.08. The number of nitrogens with one attached hydrogen (secondary N) is 1. The van der Waals surface area contributed by atoms with Crippen molar-refractivity contribution in [3.05, 3.63) is 76.6 Å². The molecule has 2 nitrogen and oxygen atoms in total. The molecule has 0 aliphatic rings. The average molecular weight is 377 g/mol. The molecule has 0 unspecified atom stereocenters. The van der Waals surface area contributed by atoms with Gasteiger partial charge in [0.25, 0.3) is 0 Å². The zero-order valence-electron chi connectivity index (χ0n) is 15.8. The zero-order chi connectivity index (χ0) is 18.6. The summed E-state index contributed by atoms with van der Waals surface area (Å²) in [5.74, 6) is 1.02. The number of benzene rings is 3. The van der Waals surface area contributed by atoms with E-state index in [1.54, 1.807) is 0 Å². The Balaban J connectivity index is 1.56. The third kappa shape index (κ3) is 4.01. The van der Waals surface area contributed by atoms with Crippen LogP contribution in [0.2, 0.25) is 5.02 Å². The molecule has 0 aliphatic heterocycles. The van der Waals surface area contributed by atoms with Crippen molar-refractivity contribution in [1.29, 1.82) is 0 Å². The molecule has 0 fully saturated rings. The van der Waals surface area contributed by atoms with E-state index in [2.05, 4.69) is 48.3 Å². The normalized spacial score (nSPS) is 11.5. The Hall–Kier alpha value is -2.32. The Bertz CT molecular complexity index is 1060. The van der Waals surface area contributed by atoms with Crippen molar-refractivity contribution in [3.63, 3.8) is 0 Å². The van der Waals surface area contributed by atoms with E-state index >= 15 is 0 Å². The van der Waals surface area contributed by atoms with Gasteiger partial charge in [-0.05, 0) is 59.4 Å². The molecule has 4 aromatic rings. The molecule has 1 aromatic heterocycles. The van der Waals surface area contributed by atoms with Gasteiger partial charge in [0.2, 0.25) is 0 Å². The Morgan fingerprint density at radius 1 is 0.852 bits per heavy atom. The molecule has 0 amide bonds. The van der Waals surface area contributed by atoms with Gasteiger partial charge >= 0.3 is 0 Å². The highest BCUT2D eigenvalue weighted by Crippen LogP contribution is 2.25. The van der Waals surface area contributed by atoms with Crippen LogP contribution in [0.1, 0.15) is 43.1 Å². The summed E-state index contributed by atoms with van der Waals surface area (Å²) in [6.07, 6.45) is 6.86. The molecule has 0 saturated carbocycles. The van der Waals surface area contributed by atoms with Crippen molar-refractivity contribution < 1.29 is 0 Å². The Labute approximate surface area is 165 Å². The number of hydrogen-bond acceptors (Lipinski definition) is 1. The molecule has 0 saturated heterocycles. The highest BCUT2D eigenvalue weighted by atomic mass is 35.5. The number of rotatable bonds is 7. The van der Waals surface area contributed by atoms with Gasteiger partial charge in [-0.15, -0.1) is 0 Å². The van der Waals surface area contributed by atoms with Crippen molar-refractivity contribution in [2.75, 3.05) is 0 Å². The van der Waals surface area contributed by atoms with E-state index in [-0.39, 0.29) is 0 Å². The van der Waals surface area contributed by atoms with Crippen LogP contribution >= 0.6 is 11.6 Å². The minimum Gasteiger partial charge on any atom is -0.342 e. The van der Waals surface area contributed by atoms with Crippen molar-refractivity contribution in [3.8, 4) is 0 Å². The van der Waals surface area contributed by atoms with E-state index in [9.17, 15) is 0 Å². The molecule has 27 heavy (non-hydrogen) atoms. The van der Waals surface area contributed by atoms with E-state index in [1.807, 2.05) is 18.2 Å². The molecule has 0 bridgehead atoms. The van der Waals surface area contributed by atoms with Crippen LogP contribution in [0, 0.1) is 0 Å². The number of nitrogens with zero attached hydrogens (tertiary/aromatic N) is 1. The van der Waals surface area contributed by atoms with Gasteiger partial charge in [0, 0.05) is 11.4 Å². The topological polar surface area (TPSA) is 28.7 Å². The van der Waals surface area contributed by atoms with Crippen molar-refractivity contribution in [2.45, 2.75) is 45.4 Å². The quantitative estimate of drug-likeness (QED) is 0.349. The summed E-state index contributed by atoms with van der Waals surface area (Å²) in [6.45, 7) is 2.26. The average Bonchev–Trinajstić information content (AvgIpc) is 3.08. The first-order valence-electron chi connectivity index (χ1n) is 9.88. The van der Waals surface area contributed by atoms with Crippen LogP contribution < -0.4 is 0 Å². The van der Waals surface area contributed by atoms with Crippen LogP contribution in [0.3, 0.4) is 0 Å². The fourth-order valence-electron chi connectivity index (χ4n) is 3.85. The molecular weight excluding hydrogens is 352 g/mol. The molecule has 1 heterocycles. The van der Waals surface area contributed by atoms with E-state index in [4.69, 9.17) is 16.6 Å². The third-order valence-electron chi connectivity index (χ3n) is 5.28. The zero-order valence-corrected chi connectivity index (χ0v) is 16.5. The first-order chi connectivity index (χ1) is 13.2. The number of halogens is 1. The van der Waals surface area contributed by atoms with Gasteiger partial charge in [0.1, 0.15) is 5.82 Å². The highest BCUT2D eigenvalue weighted by molar-refractivity contribution is 6.31. The van der Waals surface area contributed by atoms with Crippen LogP contribution in [0.5, 0.6) is 0 Å². The SMILES string of the molecule is CCCCCc1cccc2c(CCc3nc4ccc(Cl)cc4[nH]3)cccc12. The second-order valence-corrected chi connectivity index (χ2v) is 7.67. The summed E-state index contributed by atoms with van der Waals surface area (Å²) in [5.41, 5.74) is 4.85. The standard InChI is InChI=1S/C24H25ClN2/c1-2-3-4-7-17-8-5-11-21-18(9-6-10-20(17)21)12-15-24-26-22-14-13-19(25)16-23(22)27-24/h5-6,8-11,13-14,16H,2-4,7,12,15H2,1H3,(H,26,27). The van der Waals surface area contributed by atoms with Gasteiger partial charge in [-0.1, -0.05) is 67.8 Å². The fraction of sp³-hybridized carbons (Fsp3) is 0.292. The van der Waals surface area contributed by atoms with Gasteiger partial charge < -0.3 is 4.98 Å². The van der Waals surface area contributed by atoms with Gasteiger partial charge in [0.15, 0.2) is 0 Å². The lowest BCUT2D eigenvalue weighted by atomic mass is 9.95. The Kier molecular flexibility index (Phi) is 5.45. The molecule has 4 rings (SSSR count). The number of aryl methyl sites for hydroxylation is 3. The van der Waals surface area contributed by atoms with Crippen LogP contribution in [0.25, 0.3) is 21.8 Å². The summed E-state index contributed by atoms with van der Waals surface area (Å²) in [4.78, 5) is 8.11. The second kappa shape index (κ2) is 8.14. The lowest BCUT2D eigenvalue weighted by molar-refractivity contribution is 0.719. The number of fused-ring (bicyclic) bond motifs is 2. The largest absolute Gasteiger partial charge is 0.342 e. The predicted octanol–water partition coefficient (Wildman–Crippen LogP) is 6.89. The molecule has 3 aromatic carbocycles. The molecule has 3 heteroatoms. The summed E-state index contributed by atoms with van der Waals surface area (Å²) in [6, 6.07) is 19.2. The van der Waals surface area contributed by atoms with Crippen LogP contribution in [-0.2, 0) is 19.3 Å². The summed E-state index contributed by atoms with van der Waals surface area (Å²) in [7, 11) is 0. The fourth-order valence-corrected chi connectivity index (χ4v) is 4.02. The molecule has 0 spiro atoms. The first-order valence-corrected chi connectivity index (χ1v) is 10.3. The lowest BCUT2D eigenvalue weighted by Crippen LogP contribution is -1.96. The molecule has 0 aliphatic carbocycles. The van der Waals surface area contributed by atoms with E-state index in [0.29, 0.717) is 0 Å². The van der Waals surface area contributed by atoms with Crippen LogP contribution in [-0.4, -0.2) is 9.97 Å². The van der Waals surface area contributed by atoms with Crippen molar-refractivity contribution in [2.24, 2.45) is 0 Å². The Morgan fingerprint density at radius 2 is 1.59 bits per heavy atom. The van der Waals surface area contributed by atoms with Gasteiger partial charge in [-0.2, -0.15) is 0 Å². The smallest absolute Gasteiger partial charge is 0.107 e. The number of unbranched alkanes of at least 4 members (excludes halogenated alkanes) is 2. The lowest BCUT2D eigenvalue weighted by Gasteiger charge is -2.10. The third-order valence-corrected chi connectivity index (χ3v) is 5.51. The van der Waals surface area contributed by atoms with Crippen molar-refractivity contribution >= 4 is 33.4 Å². The number of aromatic amines is 1. The monoisotopic (exact) mass is 376 g/mol. The molecule has 138 valence electrons. The minimum absolute atomic E-state index is 0.738. The molecule has 1 N–H and O–H groups in total. The number of aromatic nitrogens is 2. The maximum Gasteiger partial charge on any atom is 0.107 e.